The predicted molar refractivity (Wildman–Crippen MR) is 38.4 cm³/mol. The van der Waals surface area contributed by atoms with Gasteiger partial charge in [-0.15, -0.1) is 5.01 Å². The van der Waals surface area contributed by atoms with Crippen molar-refractivity contribution >= 4 is 0 Å². The monoisotopic (exact) mass is 162 g/mol. The molecule has 0 saturated carbocycles. The van der Waals surface area contributed by atoms with E-state index in [4.69, 9.17) is 5.11 Å². The Morgan fingerprint density at radius 1 is 1.64 bits per heavy atom. The molecule has 0 saturated heterocycles. The van der Waals surface area contributed by atoms with Crippen LogP contribution in [0.5, 0.6) is 0 Å². The molecule has 0 aromatic carbocycles. The summed E-state index contributed by atoms with van der Waals surface area (Å²) in [5.41, 5.74) is 0. The van der Waals surface area contributed by atoms with E-state index >= 15 is 0 Å². The van der Waals surface area contributed by atoms with E-state index in [0.29, 0.717) is 0 Å². The highest BCUT2D eigenvalue weighted by Gasteiger charge is 2.14. The molecule has 11 heavy (non-hydrogen) atoms. The number of aliphatic hydroxyl groups is 1. The summed E-state index contributed by atoms with van der Waals surface area (Å²) in [7, 11) is 0. The molecular weight excluding hydrogens is 150 g/mol. The first kappa shape index (κ1) is 9.96. The van der Waals surface area contributed by atoms with Crippen LogP contribution in [0.2, 0.25) is 0 Å². The molecule has 0 radical (unpaired) electrons. The van der Waals surface area contributed by atoms with Gasteiger partial charge in [0.1, 0.15) is 6.54 Å². The Morgan fingerprint density at radius 3 is 2.45 bits per heavy atom. The molecule has 1 N–H and O–H groups in total. The minimum absolute atomic E-state index is 0.0547. The van der Waals surface area contributed by atoms with E-state index in [2.05, 4.69) is 5.28 Å². The summed E-state index contributed by atoms with van der Waals surface area (Å²) in [6.07, 6.45) is 0. The lowest BCUT2D eigenvalue weighted by Crippen LogP contribution is -2.38. The van der Waals surface area contributed by atoms with E-state index in [-0.39, 0.29) is 24.2 Å². The van der Waals surface area contributed by atoms with E-state index in [1.165, 1.54) is 0 Å². The summed E-state index contributed by atoms with van der Waals surface area (Å²) in [5.74, 6) is 0. The number of hydrogen-bond donors (Lipinski definition) is 1. The van der Waals surface area contributed by atoms with Crippen molar-refractivity contribution in [2.45, 2.75) is 19.9 Å². The molecule has 0 aromatic rings. The molecule has 0 amide bonds. The van der Waals surface area contributed by atoms with E-state index < -0.39 is 0 Å². The second kappa shape index (κ2) is 4.73. The molecule has 0 aliphatic heterocycles. The first-order valence-corrected chi connectivity index (χ1v) is 3.31. The number of aliphatic hydroxyl groups excluding tert-OH is 1. The minimum Gasteiger partial charge on any atom is -0.737 e. The molecule has 0 fully saturated rings. The van der Waals surface area contributed by atoms with Gasteiger partial charge in [-0.05, 0) is 19.1 Å². The molecule has 0 unspecified atom stereocenters. The first-order chi connectivity index (χ1) is 5.13. The smallest absolute Gasteiger partial charge is 0.100 e. The second-order valence-corrected chi connectivity index (χ2v) is 2.31. The molecule has 6 heteroatoms. The van der Waals surface area contributed by atoms with Crippen LogP contribution in [-0.2, 0) is 0 Å². The predicted octanol–water partition coefficient (Wildman–Crippen LogP) is 0.0644. The largest absolute Gasteiger partial charge is 0.737 e. The van der Waals surface area contributed by atoms with Crippen LogP contribution in [-0.4, -0.2) is 34.3 Å². The van der Waals surface area contributed by atoms with Crippen LogP contribution in [0.15, 0.2) is 5.28 Å². The summed E-state index contributed by atoms with van der Waals surface area (Å²) < 4.78 is 0. The standard InChI is InChI=1S/C5H13N3O3/c1-5(2)7(3-4-9)8(11)6-10/h5,9-10H,3-4H2,1-2H3/p-1/b8-6-. The average molecular weight is 162 g/mol. The van der Waals surface area contributed by atoms with Gasteiger partial charge in [-0.2, -0.15) is 0 Å². The van der Waals surface area contributed by atoms with Crippen LogP contribution in [0.1, 0.15) is 13.8 Å². The van der Waals surface area contributed by atoms with E-state index in [1.54, 1.807) is 13.8 Å². The lowest BCUT2D eigenvalue weighted by atomic mass is 10.4. The van der Waals surface area contributed by atoms with Gasteiger partial charge in [0.05, 0.1) is 12.6 Å². The zero-order valence-corrected chi connectivity index (χ0v) is 6.60. The Morgan fingerprint density at radius 2 is 2.18 bits per heavy atom. The summed E-state index contributed by atoms with van der Waals surface area (Å²) in [4.78, 5) is -0.0547. The molecule has 0 aliphatic carbocycles. The fourth-order valence-corrected chi connectivity index (χ4v) is 0.691. The Bertz CT molecular complexity index is 137. The van der Waals surface area contributed by atoms with Crippen LogP contribution < -0.4 is 0 Å². The highest BCUT2D eigenvalue weighted by molar-refractivity contribution is 4.49. The SMILES string of the molecule is CC(C)N(CCO)/[N+]([O-])=N/[O-]. The van der Waals surface area contributed by atoms with E-state index in [1.807, 2.05) is 0 Å². The molecule has 6 nitrogen and oxygen atoms in total. The van der Waals surface area contributed by atoms with Gasteiger partial charge in [0.25, 0.3) is 0 Å². The van der Waals surface area contributed by atoms with Gasteiger partial charge in [-0.25, -0.2) is 0 Å². The third-order valence-electron chi connectivity index (χ3n) is 1.21. The third kappa shape index (κ3) is 3.03. The molecule has 0 bridgehead atoms. The molecule has 0 heterocycles. The van der Waals surface area contributed by atoms with Gasteiger partial charge in [0, 0.05) is 4.97 Å². The summed E-state index contributed by atoms with van der Waals surface area (Å²) in [6.45, 7) is 3.40. The van der Waals surface area contributed by atoms with Crippen molar-refractivity contribution < 1.29 is 10.1 Å². The third-order valence-corrected chi connectivity index (χ3v) is 1.21. The number of hydrogen-bond acceptors (Lipinski definition) is 4. The van der Waals surface area contributed by atoms with Crippen molar-refractivity contribution in [3.05, 3.63) is 10.4 Å². The molecule has 66 valence electrons. The highest BCUT2D eigenvalue weighted by Crippen LogP contribution is 1.97. The van der Waals surface area contributed by atoms with Crippen LogP contribution in [0.25, 0.3) is 0 Å². The van der Waals surface area contributed by atoms with Crippen molar-refractivity contribution in [1.29, 1.82) is 0 Å². The van der Waals surface area contributed by atoms with Crippen LogP contribution >= 0.6 is 0 Å². The van der Waals surface area contributed by atoms with Crippen molar-refractivity contribution in [1.82, 2.24) is 5.01 Å². The Balaban J connectivity index is 4.10. The molecule has 0 atom stereocenters. The normalized spacial score (nSPS) is 12.2. The number of rotatable bonds is 4. The topological polar surface area (TPSA) is 85.0 Å². The van der Waals surface area contributed by atoms with Crippen molar-refractivity contribution in [3.63, 3.8) is 0 Å². The lowest BCUT2D eigenvalue weighted by Gasteiger charge is -2.21. The van der Waals surface area contributed by atoms with E-state index in [0.717, 1.165) is 5.01 Å². The Kier molecular flexibility index (Phi) is 4.28. The van der Waals surface area contributed by atoms with Gasteiger partial charge >= 0.3 is 0 Å². The number of nitrogens with zero attached hydrogens (tertiary/aromatic N) is 3. The fraction of sp³-hybridized carbons (Fsp3) is 1.00. The van der Waals surface area contributed by atoms with Gasteiger partial charge < -0.3 is 15.5 Å². The molecule has 0 spiro atoms. The van der Waals surface area contributed by atoms with Crippen molar-refractivity contribution in [2.24, 2.45) is 5.28 Å². The second-order valence-electron chi connectivity index (χ2n) is 2.31. The van der Waals surface area contributed by atoms with E-state index in [9.17, 15) is 10.4 Å². The van der Waals surface area contributed by atoms with Crippen molar-refractivity contribution in [2.75, 3.05) is 13.2 Å². The zero-order chi connectivity index (χ0) is 8.85. The molecule has 0 aromatic heterocycles. The quantitative estimate of drug-likeness (QED) is 0.360. The minimum atomic E-state index is -0.174. The lowest BCUT2D eigenvalue weighted by molar-refractivity contribution is -0.697. The maximum atomic E-state index is 10.6. The van der Waals surface area contributed by atoms with Gasteiger partial charge in [0.15, 0.2) is 0 Å². The maximum Gasteiger partial charge on any atom is 0.100 e. The molecule has 0 aliphatic rings. The summed E-state index contributed by atoms with van der Waals surface area (Å²) >= 11 is 0. The highest BCUT2D eigenvalue weighted by atomic mass is 16.6. The first-order valence-electron chi connectivity index (χ1n) is 3.31. The average Bonchev–Trinajstić information content (AvgIpc) is 1.98. The summed E-state index contributed by atoms with van der Waals surface area (Å²) in [5, 5.41) is 32.1. The molecular formula is C5H12N3O3-. The van der Waals surface area contributed by atoms with Gasteiger partial charge in [-0.1, -0.05) is 0 Å². The maximum absolute atomic E-state index is 10.6. The summed E-state index contributed by atoms with van der Waals surface area (Å²) in [6, 6.07) is -0.141. The fourth-order valence-electron chi connectivity index (χ4n) is 0.691. The van der Waals surface area contributed by atoms with Crippen LogP contribution in [0.4, 0.5) is 0 Å². The van der Waals surface area contributed by atoms with Crippen LogP contribution in [0, 0.1) is 10.4 Å². The van der Waals surface area contributed by atoms with Gasteiger partial charge in [-0.3, -0.25) is 0 Å². The number of hydrazine groups is 1. The Hall–Kier alpha value is -1.04. The Labute approximate surface area is 64.9 Å². The van der Waals surface area contributed by atoms with Gasteiger partial charge in [0.2, 0.25) is 0 Å². The van der Waals surface area contributed by atoms with Crippen molar-refractivity contribution in [3.8, 4) is 0 Å². The zero-order valence-electron chi connectivity index (χ0n) is 6.60. The molecule has 0 rings (SSSR count). The van der Waals surface area contributed by atoms with Crippen LogP contribution in [0.3, 0.4) is 0 Å².